The van der Waals surface area contributed by atoms with E-state index in [0.29, 0.717) is 29.4 Å². The number of nitriles is 1. The van der Waals surface area contributed by atoms with Crippen molar-refractivity contribution < 1.29 is 18.8 Å². The number of amides is 3. The topological polar surface area (TPSA) is 134 Å². The van der Waals surface area contributed by atoms with E-state index in [4.69, 9.17) is 17.3 Å². The van der Waals surface area contributed by atoms with Crippen LogP contribution in [0.5, 0.6) is 0 Å². The van der Waals surface area contributed by atoms with E-state index in [2.05, 4.69) is 10.4 Å². The van der Waals surface area contributed by atoms with Gasteiger partial charge in [-0.2, -0.15) is 10.4 Å². The molecular formula is C23H22ClFN6O3. The summed E-state index contributed by atoms with van der Waals surface area (Å²) in [6.45, 7) is 1.55. The van der Waals surface area contributed by atoms with E-state index in [9.17, 15) is 24.0 Å². The smallest absolute Gasteiger partial charge is 0.269 e. The van der Waals surface area contributed by atoms with E-state index < -0.39 is 23.5 Å². The van der Waals surface area contributed by atoms with Gasteiger partial charge in [-0.15, -0.1) is 0 Å². The van der Waals surface area contributed by atoms with Gasteiger partial charge in [-0.3, -0.25) is 19.1 Å². The van der Waals surface area contributed by atoms with E-state index in [1.54, 1.807) is 12.1 Å². The molecule has 1 aromatic heterocycles. The largest absolute Gasteiger partial charge is 0.364 e. The molecule has 0 fully saturated rings. The third kappa shape index (κ3) is 5.50. The summed E-state index contributed by atoms with van der Waals surface area (Å²) in [5.74, 6) is -2.28. The third-order valence-corrected chi connectivity index (χ3v) is 5.38. The number of carbonyl (C=O) groups excluding carboxylic acids is 3. The minimum atomic E-state index is -0.765. The van der Waals surface area contributed by atoms with Gasteiger partial charge in [0.25, 0.3) is 5.91 Å². The van der Waals surface area contributed by atoms with Crippen LogP contribution in [-0.4, -0.2) is 45.5 Å². The van der Waals surface area contributed by atoms with Gasteiger partial charge in [-0.05, 0) is 30.7 Å². The van der Waals surface area contributed by atoms with Crippen molar-refractivity contribution in [1.82, 2.24) is 20.0 Å². The summed E-state index contributed by atoms with van der Waals surface area (Å²) < 4.78 is 15.3. The molecule has 0 bridgehead atoms. The normalized spacial score (nSPS) is 10.6. The first-order chi connectivity index (χ1) is 16.2. The number of benzene rings is 2. The fraction of sp³-hybridized carbons (Fsp3) is 0.261. The lowest BCUT2D eigenvalue weighted by Gasteiger charge is -2.22. The highest BCUT2D eigenvalue weighted by atomic mass is 35.5. The molecule has 3 aromatic rings. The number of fused-ring (bicyclic) bond motifs is 1. The molecule has 0 spiro atoms. The van der Waals surface area contributed by atoms with Gasteiger partial charge in [0.2, 0.25) is 11.8 Å². The third-order valence-electron chi connectivity index (χ3n) is 5.09. The Kier molecular flexibility index (Phi) is 7.81. The lowest BCUT2D eigenvalue weighted by Crippen LogP contribution is -2.42. The average molecular weight is 485 g/mol. The molecule has 0 radical (unpaired) electrons. The van der Waals surface area contributed by atoms with E-state index in [-0.39, 0.29) is 35.9 Å². The first-order valence-corrected chi connectivity index (χ1v) is 10.8. The van der Waals surface area contributed by atoms with Crippen molar-refractivity contribution in [3.8, 4) is 6.07 Å². The number of halogens is 2. The lowest BCUT2D eigenvalue weighted by atomic mass is 10.1. The van der Waals surface area contributed by atoms with E-state index >= 15 is 0 Å². The molecule has 0 aliphatic heterocycles. The summed E-state index contributed by atoms with van der Waals surface area (Å²) in [6, 6.07) is 11.1. The zero-order valence-corrected chi connectivity index (χ0v) is 19.1. The van der Waals surface area contributed by atoms with Crippen LogP contribution in [0.15, 0.2) is 36.4 Å². The molecule has 1 heterocycles. The summed E-state index contributed by atoms with van der Waals surface area (Å²) in [4.78, 5) is 38.6. The second kappa shape index (κ2) is 10.8. The van der Waals surface area contributed by atoms with Crippen molar-refractivity contribution in [2.45, 2.75) is 26.4 Å². The van der Waals surface area contributed by atoms with Gasteiger partial charge in [-0.1, -0.05) is 30.7 Å². The van der Waals surface area contributed by atoms with E-state index in [1.165, 1.54) is 33.8 Å². The molecule has 3 rings (SSSR count). The van der Waals surface area contributed by atoms with Crippen molar-refractivity contribution in [3.05, 3.63) is 64.1 Å². The number of hydrogen-bond donors (Lipinski definition) is 2. The van der Waals surface area contributed by atoms with Crippen molar-refractivity contribution >= 4 is 40.2 Å². The SMILES string of the molecule is CCCN(CC(=O)NCc1cccc(Cl)c1F)C(=O)Cn1nc(C(N)=O)c2ccc(C#N)cc21. The highest BCUT2D eigenvalue weighted by molar-refractivity contribution is 6.30. The van der Waals surface area contributed by atoms with Gasteiger partial charge >= 0.3 is 0 Å². The number of aromatic nitrogens is 2. The van der Waals surface area contributed by atoms with Crippen LogP contribution in [0.4, 0.5) is 4.39 Å². The average Bonchev–Trinajstić information content (AvgIpc) is 3.17. The Balaban J connectivity index is 1.75. The fourth-order valence-electron chi connectivity index (χ4n) is 3.44. The molecule has 34 heavy (non-hydrogen) atoms. The van der Waals surface area contributed by atoms with Crippen LogP contribution in [0.3, 0.4) is 0 Å². The molecular weight excluding hydrogens is 463 g/mol. The maximum atomic E-state index is 14.0. The first kappa shape index (κ1) is 24.7. The number of nitrogens with two attached hydrogens (primary N) is 1. The van der Waals surface area contributed by atoms with Crippen LogP contribution in [0.2, 0.25) is 5.02 Å². The van der Waals surface area contributed by atoms with Crippen LogP contribution in [-0.2, 0) is 22.7 Å². The predicted octanol–water partition coefficient (Wildman–Crippen LogP) is 2.35. The maximum Gasteiger partial charge on any atom is 0.269 e. The number of primary amides is 1. The van der Waals surface area contributed by atoms with Crippen LogP contribution in [0.25, 0.3) is 10.9 Å². The molecule has 0 atom stereocenters. The Morgan fingerprint density at radius 1 is 1.29 bits per heavy atom. The molecule has 9 nitrogen and oxygen atoms in total. The van der Waals surface area contributed by atoms with Crippen LogP contribution in [0.1, 0.15) is 35.0 Å². The summed E-state index contributed by atoms with van der Waals surface area (Å²) >= 11 is 5.76. The van der Waals surface area contributed by atoms with Gasteiger partial charge in [0.05, 0.1) is 28.7 Å². The Labute approximate surface area is 199 Å². The summed E-state index contributed by atoms with van der Waals surface area (Å²) in [5.41, 5.74) is 6.34. The zero-order valence-electron chi connectivity index (χ0n) is 18.3. The predicted molar refractivity (Wildman–Crippen MR) is 123 cm³/mol. The summed E-state index contributed by atoms with van der Waals surface area (Å²) in [5, 5.41) is 16.3. The molecule has 0 saturated heterocycles. The van der Waals surface area contributed by atoms with Crippen molar-refractivity contribution in [2.75, 3.05) is 13.1 Å². The van der Waals surface area contributed by atoms with Crippen molar-refractivity contribution in [3.63, 3.8) is 0 Å². The molecule has 2 aromatic carbocycles. The molecule has 11 heteroatoms. The monoisotopic (exact) mass is 484 g/mol. The minimum Gasteiger partial charge on any atom is -0.364 e. The molecule has 176 valence electrons. The van der Waals surface area contributed by atoms with Gasteiger partial charge in [0.15, 0.2) is 5.69 Å². The Morgan fingerprint density at radius 3 is 2.74 bits per heavy atom. The zero-order chi connectivity index (χ0) is 24.8. The Hall–Kier alpha value is -3.97. The second-order valence-corrected chi connectivity index (χ2v) is 7.93. The van der Waals surface area contributed by atoms with E-state index in [1.807, 2.05) is 13.0 Å². The van der Waals surface area contributed by atoms with Crippen molar-refractivity contribution in [2.24, 2.45) is 5.73 Å². The van der Waals surface area contributed by atoms with Gasteiger partial charge in [0, 0.05) is 24.0 Å². The van der Waals surface area contributed by atoms with E-state index in [0.717, 1.165) is 0 Å². The van der Waals surface area contributed by atoms with Crippen molar-refractivity contribution in [1.29, 1.82) is 5.26 Å². The maximum absolute atomic E-state index is 14.0. The Morgan fingerprint density at radius 2 is 2.06 bits per heavy atom. The fourth-order valence-corrected chi connectivity index (χ4v) is 3.64. The van der Waals surface area contributed by atoms with Crippen LogP contribution in [0, 0.1) is 17.1 Å². The molecule has 0 aliphatic rings. The number of nitrogens with one attached hydrogen (secondary N) is 1. The molecule has 0 saturated carbocycles. The van der Waals surface area contributed by atoms with Gasteiger partial charge in [0.1, 0.15) is 12.4 Å². The van der Waals surface area contributed by atoms with Gasteiger partial charge in [-0.25, -0.2) is 4.39 Å². The minimum absolute atomic E-state index is 0.0179. The first-order valence-electron chi connectivity index (χ1n) is 10.4. The summed E-state index contributed by atoms with van der Waals surface area (Å²) in [6.07, 6.45) is 0.590. The number of carbonyl (C=O) groups is 3. The highest BCUT2D eigenvalue weighted by Crippen LogP contribution is 2.20. The Bertz CT molecular complexity index is 1300. The number of hydrogen-bond acceptors (Lipinski definition) is 5. The van der Waals surface area contributed by atoms with Crippen LogP contribution >= 0.6 is 11.6 Å². The highest BCUT2D eigenvalue weighted by Gasteiger charge is 2.21. The quantitative estimate of drug-likeness (QED) is 0.480. The number of nitrogens with zero attached hydrogens (tertiary/aromatic N) is 4. The second-order valence-electron chi connectivity index (χ2n) is 7.52. The lowest BCUT2D eigenvalue weighted by molar-refractivity contribution is -0.136. The molecule has 0 unspecified atom stereocenters. The summed E-state index contributed by atoms with van der Waals surface area (Å²) in [7, 11) is 0. The van der Waals surface area contributed by atoms with Crippen LogP contribution < -0.4 is 11.1 Å². The number of rotatable bonds is 9. The molecule has 3 amide bonds. The standard InChI is InChI=1S/C23H22ClFN6O3/c1-2-8-30(12-19(32)28-11-15-4-3-5-17(24)21(15)25)20(33)13-31-18-9-14(10-26)6-7-16(18)22(29-31)23(27)34/h3-7,9H,2,8,11-13H2,1H3,(H2,27,34)(H,28,32). The van der Waals surface area contributed by atoms with Gasteiger partial charge < -0.3 is 16.0 Å². The molecule has 0 aliphatic carbocycles. The molecule has 3 N–H and O–H groups in total.